The summed E-state index contributed by atoms with van der Waals surface area (Å²) in [5.41, 5.74) is 2.06. The molecular formula is C23H14Cl6N2O2. The number of hydrogen-bond acceptors (Lipinski definition) is 3. The number of carbonyl (C=O) groups is 2. The number of aromatic nitrogens is 1. The number of anilines is 1. The third-order valence-corrected chi connectivity index (χ3v) is 7.54. The van der Waals surface area contributed by atoms with E-state index in [4.69, 9.17) is 69.6 Å². The highest BCUT2D eigenvalue weighted by Crippen LogP contribution is 2.65. The van der Waals surface area contributed by atoms with E-state index in [9.17, 15) is 9.59 Å². The summed E-state index contributed by atoms with van der Waals surface area (Å²) in [6, 6.07) is 13.0. The van der Waals surface area contributed by atoms with Gasteiger partial charge in [0.1, 0.15) is 9.49 Å². The zero-order valence-corrected chi connectivity index (χ0v) is 21.1. The molecule has 10 heteroatoms. The molecular weight excluding hydrogens is 549 g/mol. The number of rotatable bonds is 6. The third-order valence-electron chi connectivity index (χ3n) is 5.33. The molecule has 4 rings (SSSR count). The molecule has 1 saturated carbocycles. The van der Waals surface area contributed by atoms with Crippen molar-refractivity contribution in [3.8, 4) is 0 Å². The van der Waals surface area contributed by atoms with E-state index in [1.54, 1.807) is 42.5 Å². The molecule has 0 aliphatic heterocycles. The number of nitrogens with one attached hydrogen (secondary N) is 1. The van der Waals surface area contributed by atoms with Gasteiger partial charge in [0.15, 0.2) is 5.78 Å². The van der Waals surface area contributed by atoms with Crippen LogP contribution in [0.5, 0.6) is 0 Å². The van der Waals surface area contributed by atoms with Gasteiger partial charge in [-0.1, -0.05) is 52.5 Å². The van der Waals surface area contributed by atoms with Crippen LogP contribution in [0.15, 0.2) is 54.7 Å². The van der Waals surface area contributed by atoms with Gasteiger partial charge in [0.25, 0.3) is 0 Å². The predicted octanol–water partition coefficient (Wildman–Crippen LogP) is 7.65. The van der Waals surface area contributed by atoms with Crippen LogP contribution < -0.4 is 5.32 Å². The highest BCUT2D eigenvalue weighted by molar-refractivity contribution is 6.53. The zero-order valence-electron chi connectivity index (χ0n) is 16.6. The van der Waals surface area contributed by atoms with Crippen molar-refractivity contribution in [2.75, 3.05) is 5.32 Å². The van der Waals surface area contributed by atoms with Crippen LogP contribution in [0.1, 0.15) is 27.4 Å². The second-order valence-corrected chi connectivity index (χ2v) is 10.6. The molecule has 1 amide bonds. The molecule has 1 aliphatic carbocycles. The number of carbonyl (C=O) groups excluding carboxylic acids is 2. The predicted molar refractivity (Wildman–Crippen MR) is 134 cm³/mol. The molecule has 2 aromatic carbocycles. The number of hydrogen-bond donors (Lipinski definition) is 1. The maximum absolute atomic E-state index is 12.9. The Balaban J connectivity index is 1.50. The number of ketones is 1. The highest BCUT2D eigenvalue weighted by Gasteiger charge is 2.67. The standard InChI is InChI=1S/C23H14Cl6N2O2/c24-15-4-2-13(10-14(15)18(32)7-11-5-6-30-19(27)8-11)31-22(33)21-20(23(21,28)29)12-1-3-16(25)17(26)9-12/h1-6,8-10,20-21H,7H2,(H,31,33)/t20-,21+/m0/s1. The third kappa shape index (κ3) is 5.27. The topological polar surface area (TPSA) is 59.1 Å². The summed E-state index contributed by atoms with van der Waals surface area (Å²) in [5, 5.41) is 4.07. The van der Waals surface area contributed by atoms with Crippen molar-refractivity contribution < 1.29 is 9.59 Å². The number of Topliss-reactive ketones (excluding diaryl/α,β-unsaturated/α-hetero) is 1. The summed E-state index contributed by atoms with van der Waals surface area (Å²) < 4.78 is -1.30. The Morgan fingerprint density at radius 1 is 0.909 bits per heavy atom. The molecule has 0 saturated heterocycles. The molecule has 2 atom stereocenters. The maximum atomic E-state index is 12.9. The van der Waals surface area contributed by atoms with Crippen LogP contribution in [0.25, 0.3) is 0 Å². The largest absolute Gasteiger partial charge is 0.326 e. The second kappa shape index (κ2) is 9.61. The number of benzene rings is 2. The number of halogens is 6. The highest BCUT2D eigenvalue weighted by atomic mass is 35.5. The summed E-state index contributed by atoms with van der Waals surface area (Å²) in [4.78, 5) is 29.6. The van der Waals surface area contributed by atoms with Gasteiger partial charge in [-0.15, -0.1) is 23.2 Å². The fourth-order valence-electron chi connectivity index (χ4n) is 3.64. The van der Waals surface area contributed by atoms with Crippen molar-refractivity contribution in [3.63, 3.8) is 0 Å². The fourth-order valence-corrected chi connectivity index (χ4v) is 5.20. The van der Waals surface area contributed by atoms with Crippen LogP contribution in [0.2, 0.25) is 20.2 Å². The first-order valence-electron chi connectivity index (χ1n) is 9.64. The molecule has 0 unspecified atom stereocenters. The van der Waals surface area contributed by atoms with Gasteiger partial charge < -0.3 is 5.32 Å². The molecule has 170 valence electrons. The van der Waals surface area contributed by atoms with E-state index >= 15 is 0 Å². The SMILES string of the molecule is O=C(Cc1ccnc(Cl)c1)c1cc(NC(=O)[C@H]2[C@H](c3ccc(Cl)c(Cl)c3)C2(Cl)Cl)ccc1Cl. The van der Waals surface area contributed by atoms with Gasteiger partial charge >= 0.3 is 0 Å². The molecule has 0 bridgehead atoms. The van der Waals surface area contributed by atoms with Crippen LogP contribution in [-0.4, -0.2) is 21.0 Å². The minimum absolute atomic E-state index is 0.0772. The second-order valence-electron chi connectivity index (χ2n) is 7.57. The smallest absolute Gasteiger partial charge is 0.231 e. The van der Waals surface area contributed by atoms with E-state index in [1.807, 2.05) is 0 Å². The molecule has 1 fully saturated rings. The summed E-state index contributed by atoms with van der Waals surface area (Å²) in [6.45, 7) is 0. The van der Waals surface area contributed by atoms with Gasteiger partial charge in [-0.05, 0) is 53.6 Å². The first-order valence-corrected chi connectivity index (χ1v) is 11.9. The van der Waals surface area contributed by atoms with Gasteiger partial charge in [0.2, 0.25) is 5.91 Å². The van der Waals surface area contributed by atoms with Gasteiger partial charge in [-0.2, -0.15) is 0 Å². The monoisotopic (exact) mass is 560 g/mol. The Bertz CT molecular complexity index is 1260. The maximum Gasteiger partial charge on any atom is 0.231 e. The number of nitrogens with zero attached hydrogens (tertiary/aromatic N) is 1. The Morgan fingerprint density at radius 2 is 1.64 bits per heavy atom. The zero-order chi connectivity index (χ0) is 23.9. The van der Waals surface area contributed by atoms with Crippen LogP contribution >= 0.6 is 69.6 Å². The fraction of sp³-hybridized carbons (Fsp3) is 0.174. The van der Waals surface area contributed by atoms with Gasteiger partial charge in [0.05, 0.1) is 21.0 Å². The lowest BCUT2D eigenvalue weighted by atomic mass is 10.0. The van der Waals surface area contributed by atoms with Crippen LogP contribution in [0.4, 0.5) is 5.69 Å². The van der Waals surface area contributed by atoms with E-state index in [0.717, 1.165) is 0 Å². The van der Waals surface area contributed by atoms with E-state index < -0.39 is 22.1 Å². The van der Waals surface area contributed by atoms with E-state index in [-0.39, 0.29) is 22.8 Å². The molecule has 0 radical (unpaired) electrons. The van der Waals surface area contributed by atoms with Crippen molar-refractivity contribution in [2.24, 2.45) is 5.92 Å². The summed E-state index contributed by atoms with van der Waals surface area (Å²) >= 11 is 37.0. The Labute approximate surface area is 220 Å². The average Bonchev–Trinajstić information content (AvgIpc) is 3.33. The summed E-state index contributed by atoms with van der Waals surface area (Å²) in [6.07, 6.45) is 1.60. The van der Waals surface area contributed by atoms with Crippen molar-refractivity contribution >= 4 is 87.0 Å². The minimum Gasteiger partial charge on any atom is -0.326 e. The van der Waals surface area contributed by atoms with Gasteiger partial charge in [0, 0.05) is 29.8 Å². The number of pyridine rings is 1. The molecule has 33 heavy (non-hydrogen) atoms. The molecule has 4 nitrogen and oxygen atoms in total. The quantitative estimate of drug-likeness (QED) is 0.191. The van der Waals surface area contributed by atoms with Crippen molar-refractivity contribution in [3.05, 3.63) is 91.6 Å². The van der Waals surface area contributed by atoms with Crippen molar-refractivity contribution in [1.29, 1.82) is 0 Å². The minimum atomic E-state index is -1.30. The van der Waals surface area contributed by atoms with Crippen molar-refractivity contribution in [2.45, 2.75) is 16.7 Å². The summed E-state index contributed by atoms with van der Waals surface area (Å²) in [5.74, 6) is -1.80. The number of alkyl halides is 2. The lowest BCUT2D eigenvalue weighted by molar-refractivity contribution is -0.117. The molecule has 0 spiro atoms. The molecule has 1 aliphatic rings. The average molecular weight is 563 g/mol. The van der Waals surface area contributed by atoms with E-state index in [0.29, 0.717) is 32.0 Å². The Hall–Kier alpha value is -1.53. The normalized spacial score (nSPS) is 18.6. The van der Waals surface area contributed by atoms with Crippen LogP contribution in [0.3, 0.4) is 0 Å². The first-order chi connectivity index (χ1) is 15.6. The van der Waals surface area contributed by atoms with Gasteiger partial charge in [-0.3, -0.25) is 9.59 Å². The number of amides is 1. The van der Waals surface area contributed by atoms with Crippen molar-refractivity contribution in [1.82, 2.24) is 4.98 Å². The Kier molecular flexibility index (Phi) is 7.16. The first kappa shape index (κ1) is 24.6. The van der Waals surface area contributed by atoms with Gasteiger partial charge in [-0.25, -0.2) is 4.98 Å². The molecule has 3 aromatic rings. The Morgan fingerprint density at radius 3 is 2.33 bits per heavy atom. The van der Waals surface area contributed by atoms with E-state index in [1.165, 1.54) is 12.3 Å². The lowest BCUT2D eigenvalue weighted by Gasteiger charge is -2.09. The molecule has 1 aromatic heterocycles. The molecule has 1 N–H and O–H groups in total. The lowest BCUT2D eigenvalue weighted by Crippen LogP contribution is -2.17. The van der Waals surface area contributed by atoms with Crippen LogP contribution in [0, 0.1) is 5.92 Å². The molecule has 1 heterocycles. The summed E-state index contributed by atoms with van der Waals surface area (Å²) in [7, 11) is 0. The van der Waals surface area contributed by atoms with E-state index in [2.05, 4.69) is 10.3 Å². The van der Waals surface area contributed by atoms with Crippen LogP contribution in [-0.2, 0) is 11.2 Å².